The molecule has 1 saturated heterocycles. The van der Waals surface area contributed by atoms with Gasteiger partial charge in [0.1, 0.15) is 18.5 Å². The van der Waals surface area contributed by atoms with E-state index < -0.39 is 29.4 Å². The fourth-order valence-electron chi connectivity index (χ4n) is 3.90. The molecule has 4 rings (SSSR count). The first-order valence-electron chi connectivity index (χ1n) is 10.2. The van der Waals surface area contributed by atoms with E-state index >= 15 is 0 Å². The Kier molecular flexibility index (Phi) is 5.87. The molecule has 1 aromatic heterocycles. The van der Waals surface area contributed by atoms with Crippen LogP contribution in [0.5, 0.6) is 0 Å². The van der Waals surface area contributed by atoms with Crippen LogP contribution in [0.2, 0.25) is 0 Å². The number of likely N-dealkylation sites (N-methyl/N-ethyl adjacent to an activating group) is 1. The minimum Gasteiger partial charge on any atom is -0.364 e. The van der Waals surface area contributed by atoms with Crippen LogP contribution in [0.25, 0.3) is 0 Å². The van der Waals surface area contributed by atoms with Gasteiger partial charge in [-0.05, 0) is 26.0 Å². The van der Waals surface area contributed by atoms with Gasteiger partial charge in [-0.1, -0.05) is 0 Å². The second kappa shape index (κ2) is 8.50. The highest BCUT2D eigenvalue weighted by molar-refractivity contribution is 6.05. The normalized spacial score (nSPS) is 18.3. The van der Waals surface area contributed by atoms with Crippen molar-refractivity contribution >= 4 is 29.3 Å². The van der Waals surface area contributed by atoms with E-state index in [1.165, 1.54) is 16.9 Å². The molecule has 2 aromatic rings. The van der Waals surface area contributed by atoms with Gasteiger partial charge < -0.3 is 19.9 Å². The smallest absolute Gasteiger partial charge is 0.254 e. The highest BCUT2D eigenvalue weighted by atomic mass is 19.2. The molecule has 0 bridgehead atoms. The quantitative estimate of drug-likeness (QED) is 0.676. The number of aryl methyl sites for hydroxylation is 1. The molecule has 0 radical (unpaired) electrons. The van der Waals surface area contributed by atoms with Crippen LogP contribution >= 0.6 is 0 Å². The summed E-state index contributed by atoms with van der Waals surface area (Å²) >= 11 is 0. The standard InChI is InChI=1S/C21H23F3N6O3/c1-10-17-18(28(3)11(2)19(31)30(17)9-33-4)27-21(25-10)26-13-7-29(8-13)20(32)12-5-14(22)16(24)15(23)6-12/h5-6,11,13H,7-9H2,1-4H3,(H,25,26,27). The number of amides is 2. The van der Waals surface area contributed by atoms with Crippen LogP contribution in [0, 0.1) is 24.4 Å². The molecule has 1 atom stereocenters. The Hall–Kier alpha value is -3.41. The zero-order valence-electron chi connectivity index (χ0n) is 18.5. The number of benzene rings is 1. The fourth-order valence-corrected chi connectivity index (χ4v) is 3.90. The minimum absolute atomic E-state index is 0.0747. The summed E-state index contributed by atoms with van der Waals surface area (Å²) in [4.78, 5) is 38.8. The molecule has 0 spiro atoms. The lowest BCUT2D eigenvalue weighted by Gasteiger charge is -2.41. The maximum Gasteiger partial charge on any atom is 0.254 e. The predicted octanol–water partition coefficient (Wildman–Crippen LogP) is 1.91. The van der Waals surface area contributed by atoms with E-state index in [0.29, 0.717) is 35.3 Å². The number of fused-ring (bicyclic) bond motifs is 1. The number of carbonyl (C=O) groups is 2. The van der Waals surface area contributed by atoms with Gasteiger partial charge in [-0.2, -0.15) is 4.98 Å². The number of hydrogen-bond donors (Lipinski definition) is 1. The third kappa shape index (κ3) is 3.94. The number of hydrogen-bond acceptors (Lipinski definition) is 7. The van der Waals surface area contributed by atoms with Gasteiger partial charge in [0.2, 0.25) is 5.95 Å². The van der Waals surface area contributed by atoms with Crippen LogP contribution in [-0.2, 0) is 9.53 Å². The lowest BCUT2D eigenvalue weighted by Crippen LogP contribution is -2.57. The molecule has 12 heteroatoms. The Morgan fingerprint density at radius 2 is 1.85 bits per heavy atom. The molecule has 3 heterocycles. The van der Waals surface area contributed by atoms with Gasteiger partial charge in [-0.3, -0.25) is 14.5 Å². The molecule has 0 saturated carbocycles. The molecule has 176 valence electrons. The van der Waals surface area contributed by atoms with Crippen LogP contribution in [-0.4, -0.2) is 72.7 Å². The lowest BCUT2D eigenvalue weighted by atomic mass is 10.1. The average Bonchev–Trinajstić information content (AvgIpc) is 2.74. The first-order chi connectivity index (χ1) is 15.6. The number of anilines is 3. The van der Waals surface area contributed by atoms with Crippen molar-refractivity contribution in [2.45, 2.75) is 25.9 Å². The summed E-state index contributed by atoms with van der Waals surface area (Å²) in [7, 11) is 3.27. The van der Waals surface area contributed by atoms with Crippen molar-refractivity contribution in [3.8, 4) is 0 Å². The average molecular weight is 464 g/mol. The summed E-state index contributed by atoms with van der Waals surface area (Å²) in [5.41, 5.74) is 0.888. The van der Waals surface area contributed by atoms with E-state index in [1.54, 1.807) is 25.8 Å². The third-order valence-corrected chi connectivity index (χ3v) is 5.84. The highest BCUT2D eigenvalue weighted by Gasteiger charge is 2.38. The Morgan fingerprint density at radius 3 is 2.45 bits per heavy atom. The van der Waals surface area contributed by atoms with E-state index in [-0.39, 0.29) is 37.3 Å². The number of halogens is 3. The zero-order valence-corrected chi connectivity index (χ0v) is 18.5. The summed E-state index contributed by atoms with van der Waals surface area (Å²) in [6, 6.07) is 0.732. The fraction of sp³-hybridized carbons (Fsp3) is 0.429. The van der Waals surface area contributed by atoms with Crippen LogP contribution in [0.3, 0.4) is 0 Å². The molecule has 1 aromatic carbocycles. The summed E-state index contributed by atoms with van der Waals surface area (Å²) in [6.45, 7) is 4.11. The highest BCUT2D eigenvalue weighted by Crippen LogP contribution is 2.36. The predicted molar refractivity (Wildman–Crippen MR) is 114 cm³/mol. The van der Waals surface area contributed by atoms with E-state index in [2.05, 4.69) is 15.3 Å². The van der Waals surface area contributed by atoms with Gasteiger partial charge in [0, 0.05) is 32.8 Å². The van der Waals surface area contributed by atoms with E-state index in [9.17, 15) is 22.8 Å². The molecule has 0 aliphatic carbocycles. The Labute approximate surface area is 188 Å². The topological polar surface area (TPSA) is 90.9 Å². The molecule has 1 N–H and O–H groups in total. The second-order valence-corrected chi connectivity index (χ2v) is 8.08. The monoisotopic (exact) mass is 464 g/mol. The van der Waals surface area contributed by atoms with Gasteiger partial charge in [-0.15, -0.1) is 0 Å². The Morgan fingerprint density at radius 1 is 1.21 bits per heavy atom. The maximum atomic E-state index is 13.4. The van der Waals surface area contributed by atoms with Crippen LogP contribution in [0.15, 0.2) is 12.1 Å². The van der Waals surface area contributed by atoms with Crippen molar-refractivity contribution in [1.29, 1.82) is 0 Å². The number of carbonyl (C=O) groups excluding carboxylic acids is 2. The van der Waals surface area contributed by atoms with Gasteiger partial charge in [0.05, 0.1) is 11.7 Å². The second-order valence-electron chi connectivity index (χ2n) is 8.08. The number of likely N-dealkylation sites (tertiary alicyclic amines) is 1. The van der Waals surface area contributed by atoms with Crippen molar-refractivity contribution in [2.75, 3.05) is 49.1 Å². The summed E-state index contributed by atoms with van der Waals surface area (Å²) in [5, 5.41) is 3.15. The molecular formula is C21H23F3N6O3. The molecule has 2 aliphatic rings. The molecule has 2 amide bonds. The zero-order chi connectivity index (χ0) is 24.0. The van der Waals surface area contributed by atoms with E-state index in [4.69, 9.17) is 4.74 Å². The van der Waals surface area contributed by atoms with Crippen molar-refractivity contribution in [2.24, 2.45) is 0 Å². The number of nitrogens with one attached hydrogen (secondary N) is 1. The Balaban J connectivity index is 1.48. The van der Waals surface area contributed by atoms with Crippen LogP contribution in [0.1, 0.15) is 23.0 Å². The minimum atomic E-state index is -1.61. The van der Waals surface area contributed by atoms with Gasteiger partial charge in [-0.25, -0.2) is 18.2 Å². The van der Waals surface area contributed by atoms with Crippen LogP contribution in [0.4, 0.5) is 30.6 Å². The molecule has 9 nitrogen and oxygen atoms in total. The lowest BCUT2D eigenvalue weighted by molar-refractivity contribution is -0.120. The summed E-state index contributed by atoms with van der Waals surface area (Å²) in [5.74, 6) is -4.26. The molecule has 2 aliphatic heterocycles. The number of rotatable bonds is 5. The number of methoxy groups -OCH3 is 1. The first kappa shape index (κ1) is 22.8. The molecule has 33 heavy (non-hydrogen) atoms. The summed E-state index contributed by atoms with van der Waals surface area (Å²) in [6.07, 6.45) is 0. The van der Waals surface area contributed by atoms with Crippen LogP contribution < -0.4 is 15.1 Å². The number of ether oxygens (including phenoxy) is 1. The first-order valence-corrected chi connectivity index (χ1v) is 10.2. The number of nitrogens with zero attached hydrogens (tertiary/aromatic N) is 5. The largest absolute Gasteiger partial charge is 0.364 e. The van der Waals surface area contributed by atoms with Gasteiger partial charge >= 0.3 is 0 Å². The maximum absolute atomic E-state index is 13.4. The number of aromatic nitrogens is 2. The van der Waals surface area contributed by atoms with E-state index in [1.807, 2.05) is 0 Å². The van der Waals surface area contributed by atoms with Crippen molar-refractivity contribution < 1.29 is 27.5 Å². The van der Waals surface area contributed by atoms with Crippen molar-refractivity contribution in [1.82, 2.24) is 14.9 Å². The summed E-state index contributed by atoms with van der Waals surface area (Å²) < 4.78 is 45.2. The molecular weight excluding hydrogens is 441 g/mol. The van der Waals surface area contributed by atoms with Gasteiger partial charge in [0.15, 0.2) is 23.3 Å². The molecule has 1 fully saturated rings. The van der Waals surface area contributed by atoms with Gasteiger partial charge in [0.25, 0.3) is 11.8 Å². The van der Waals surface area contributed by atoms with Crippen molar-refractivity contribution in [3.63, 3.8) is 0 Å². The third-order valence-electron chi connectivity index (χ3n) is 5.84. The molecule has 1 unspecified atom stereocenters. The SMILES string of the molecule is COCN1C(=O)C(C)N(C)c2nc(NC3CN(C(=O)c4cc(F)c(F)c(F)c4)C3)nc(C)c21. The van der Waals surface area contributed by atoms with E-state index in [0.717, 1.165) is 0 Å². The Bertz CT molecular complexity index is 1100. The van der Waals surface area contributed by atoms with Crippen molar-refractivity contribution in [3.05, 3.63) is 40.8 Å².